The van der Waals surface area contributed by atoms with Crippen molar-refractivity contribution in [3.05, 3.63) is 68.7 Å². The minimum atomic E-state index is -3.70. The number of nitro groups is 1. The van der Waals surface area contributed by atoms with Gasteiger partial charge in [0, 0.05) is 29.7 Å². The molecule has 12 nitrogen and oxygen atoms in total. The molecule has 14 heteroatoms. The van der Waals surface area contributed by atoms with E-state index in [2.05, 4.69) is 5.32 Å². The highest BCUT2D eigenvalue weighted by molar-refractivity contribution is 7.89. The predicted molar refractivity (Wildman–Crippen MR) is 132 cm³/mol. The number of nitro benzene ring substituents is 1. The van der Waals surface area contributed by atoms with E-state index in [-0.39, 0.29) is 21.0 Å². The number of hydrazine groups is 1. The Balaban J connectivity index is 1.94. The molecule has 0 bridgehead atoms. The molecule has 0 saturated carbocycles. The minimum Gasteiger partial charge on any atom is -0.343 e. The van der Waals surface area contributed by atoms with Gasteiger partial charge in [-0.3, -0.25) is 35.3 Å². The van der Waals surface area contributed by atoms with Crippen LogP contribution in [0.2, 0.25) is 5.02 Å². The summed E-state index contributed by atoms with van der Waals surface area (Å²) < 4.78 is 27.0. The molecule has 194 valence electrons. The Labute approximate surface area is 213 Å². The smallest absolute Gasteiger partial charge is 0.282 e. The number of carbonyl (C=O) groups excluding carboxylic acids is 3. The number of nitrogens with one attached hydrogen (secondary N) is 3. The first-order valence-corrected chi connectivity index (χ1v) is 12.7. The number of hydrogen-bond acceptors (Lipinski definition) is 7. The monoisotopic (exact) mass is 539 g/mol. The molecule has 0 spiro atoms. The largest absolute Gasteiger partial charge is 0.343 e. The lowest BCUT2D eigenvalue weighted by atomic mass is 10.2. The molecule has 0 aromatic heterocycles. The van der Waals surface area contributed by atoms with Crippen LogP contribution in [0.1, 0.15) is 47.4 Å². The van der Waals surface area contributed by atoms with E-state index in [1.165, 1.54) is 34.6 Å². The molecule has 0 unspecified atom stereocenters. The third-order valence-electron chi connectivity index (χ3n) is 4.83. The van der Waals surface area contributed by atoms with Crippen molar-refractivity contribution in [2.75, 3.05) is 19.6 Å². The van der Waals surface area contributed by atoms with E-state index in [0.29, 0.717) is 25.9 Å². The maximum absolute atomic E-state index is 12.8. The van der Waals surface area contributed by atoms with Crippen molar-refractivity contribution in [2.24, 2.45) is 0 Å². The highest BCUT2D eigenvalue weighted by Gasteiger charge is 2.24. The summed E-state index contributed by atoms with van der Waals surface area (Å²) in [5.74, 6) is -2.43. The third-order valence-corrected chi connectivity index (χ3v) is 6.97. The molecule has 3 N–H and O–H groups in total. The van der Waals surface area contributed by atoms with Crippen LogP contribution >= 0.6 is 11.6 Å². The molecule has 0 saturated heterocycles. The summed E-state index contributed by atoms with van der Waals surface area (Å²) in [5, 5.41) is 13.5. The Morgan fingerprint density at radius 2 is 1.58 bits per heavy atom. The van der Waals surface area contributed by atoms with Crippen molar-refractivity contribution in [1.82, 2.24) is 20.5 Å². The summed E-state index contributed by atoms with van der Waals surface area (Å²) >= 11 is 5.78. The molecule has 36 heavy (non-hydrogen) atoms. The number of amides is 3. The summed E-state index contributed by atoms with van der Waals surface area (Å²) in [5.41, 5.74) is 3.31. The van der Waals surface area contributed by atoms with Crippen LogP contribution in [-0.4, -0.2) is 55.0 Å². The zero-order chi connectivity index (χ0) is 26.9. The summed E-state index contributed by atoms with van der Waals surface area (Å²) in [6, 6.07) is 8.68. The molecular weight excluding hydrogens is 514 g/mol. The van der Waals surface area contributed by atoms with Crippen LogP contribution in [0.3, 0.4) is 0 Å². The number of halogens is 1. The average Bonchev–Trinajstić information content (AvgIpc) is 2.85. The molecule has 0 atom stereocenters. The van der Waals surface area contributed by atoms with E-state index >= 15 is 0 Å². The number of carbonyl (C=O) groups is 3. The van der Waals surface area contributed by atoms with E-state index in [1.54, 1.807) is 0 Å². The molecule has 0 fully saturated rings. The summed E-state index contributed by atoms with van der Waals surface area (Å²) in [4.78, 5) is 46.9. The van der Waals surface area contributed by atoms with Crippen LogP contribution in [0.15, 0.2) is 47.4 Å². The molecule has 0 aliphatic rings. The van der Waals surface area contributed by atoms with Gasteiger partial charge in [0.1, 0.15) is 5.56 Å². The molecule has 2 aromatic rings. The first-order valence-electron chi connectivity index (χ1n) is 10.9. The fourth-order valence-electron chi connectivity index (χ4n) is 3.13. The van der Waals surface area contributed by atoms with E-state index < -0.39 is 44.9 Å². The second-order valence-corrected chi connectivity index (χ2v) is 9.91. The van der Waals surface area contributed by atoms with Gasteiger partial charge in [0.05, 0.1) is 16.4 Å². The molecule has 0 radical (unpaired) electrons. The Kier molecular flexibility index (Phi) is 10.3. The Hall–Kier alpha value is -3.55. The van der Waals surface area contributed by atoms with Crippen LogP contribution in [0, 0.1) is 10.1 Å². The van der Waals surface area contributed by atoms with Gasteiger partial charge in [0.2, 0.25) is 10.0 Å². The summed E-state index contributed by atoms with van der Waals surface area (Å²) in [6.07, 6.45) is 1.33. The summed E-state index contributed by atoms with van der Waals surface area (Å²) in [7, 11) is -3.70. The third kappa shape index (κ3) is 7.47. The topological polar surface area (TPSA) is 168 Å². The standard InChI is InChI=1S/C22H26ClN5O7S/c1-3-11-27(12-4-2)36(34,35)17-8-5-15(6-9-17)21(30)24-14-20(29)25-26-22(31)18-13-16(23)7-10-19(18)28(32)33/h5-10,13H,3-4,11-12,14H2,1-2H3,(H,24,30)(H,25,29)(H,26,31). The number of sulfonamides is 1. The van der Waals surface area contributed by atoms with E-state index in [9.17, 15) is 32.9 Å². The maximum atomic E-state index is 12.8. The SMILES string of the molecule is CCCN(CCC)S(=O)(=O)c1ccc(C(=O)NCC(=O)NNC(=O)c2cc(Cl)ccc2[N+](=O)[O-])cc1. The van der Waals surface area contributed by atoms with Crippen molar-refractivity contribution >= 4 is 45.0 Å². The first-order chi connectivity index (χ1) is 17.0. The van der Waals surface area contributed by atoms with Gasteiger partial charge in [-0.25, -0.2) is 8.42 Å². The zero-order valence-corrected chi connectivity index (χ0v) is 21.2. The van der Waals surface area contributed by atoms with Gasteiger partial charge in [-0.2, -0.15) is 4.31 Å². The van der Waals surface area contributed by atoms with Crippen molar-refractivity contribution in [2.45, 2.75) is 31.6 Å². The van der Waals surface area contributed by atoms with Crippen molar-refractivity contribution in [3.8, 4) is 0 Å². The predicted octanol–water partition coefficient (Wildman–Crippen LogP) is 2.25. The fourth-order valence-corrected chi connectivity index (χ4v) is 4.92. The number of hydrogen-bond donors (Lipinski definition) is 3. The van der Waals surface area contributed by atoms with Crippen LogP contribution in [0.5, 0.6) is 0 Å². The van der Waals surface area contributed by atoms with Gasteiger partial charge < -0.3 is 5.32 Å². The van der Waals surface area contributed by atoms with E-state index in [4.69, 9.17) is 11.6 Å². The van der Waals surface area contributed by atoms with E-state index in [1.807, 2.05) is 24.7 Å². The zero-order valence-electron chi connectivity index (χ0n) is 19.6. The fraction of sp³-hybridized carbons (Fsp3) is 0.318. The molecule has 2 aromatic carbocycles. The average molecular weight is 540 g/mol. The van der Waals surface area contributed by atoms with Gasteiger partial charge in [-0.15, -0.1) is 0 Å². The van der Waals surface area contributed by atoms with Gasteiger partial charge in [-0.1, -0.05) is 25.4 Å². The quantitative estimate of drug-likeness (QED) is 0.290. The molecule has 0 heterocycles. The van der Waals surface area contributed by atoms with Crippen LogP contribution < -0.4 is 16.2 Å². The molecular formula is C22H26ClN5O7S. The lowest BCUT2D eigenvalue weighted by molar-refractivity contribution is -0.385. The number of rotatable bonds is 11. The van der Waals surface area contributed by atoms with Crippen LogP contribution in [-0.2, 0) is 14.8 Å². The Morgan fingerprint density at radius 1 is 0.972 bits per heavy atom. The Morgan fingerprint density at radius 3 is 2.14 bits per heavy atom. The Bertz CT molecular complexity index is 1230. The van der Waals surface area contributed by atoms with Gasteiger partial charge in [0.15, 0.2) is 0 Å². The normalized spacial score (nSPS) is 11.1. The molecule has 0 aliphatic heterocycles. The first kappa shape index (κ1) is 28.7. The lowest BCUT2D eigenvalue weighted by Crippen LogP contribution is -2.46. The number of nitrogens with zero attached hydrogens (tertiary/aromatic N) is 2. The highest BCUT2D eigenvalue weighted by atomic mass is 35.5. The second-order valence-electron chi connectivity index (χ2n) is 7.53. The van der Waals surface area contributed by atoms with Gasteiger partial charge in [-0.05, 0) is 49.2 Å². The maximum Gasteiger partial charge on any atom is 0.282 e. The van der Waals surface area contributed by atoms with Crippen molar-refractivity contribution in [3.63, 3.8) is 0 Å². The minimum absolute atomic E-state index is 0.0523. The van der Waals surface area contributed by atoms with Crippen LogP contribution in [0.25, 0.3) is 0 Å². The van der Waals surface area contributed by atoms with Gasteiger partial charge >= 0.3 is 0 Å². The van der Waals surface area contributed by atoms with E-state index in [0.717, 1.165) is 12.1 Å². The molecule has 0 aliphatic carbocycles. The lowest BCUT2D eigenvalue weighted by Gasteiger charge is -2.21. The molecule has 2 rings (SSSR count). The second kappa shape index (κ2) is 13.0. The van der Waals surface area contributed by atoms with Gasteiger partial charge in [0.25, 0.3) is 23.4 Å². The van der Waals surface area contributed by atoms with Crippen LogP contribution in [0.4, 0.5) is 5.69 Å². The molecule has 3 amide bonds. The highest BCUT2D eigenvalue weighted by Crippen LogP contribution is 2.22. The number of benzene rings is 2. The summed E-state index contributed by atoms with van der Waals surface area (Å²) in [6.45, 7) is 4.00. The van der Waals surface area contributed by atoms with Crippen molar-refractivity contribution in [1.29, 1.82) is 0 Å². The van der Waals surface area contributed by atoms with Crippen molar-refractivity contribution < 1.29 is 27.7 Å².